The Labute approximate surface area is 204 Å². The molecule has 0 saturated carbocycles. The maximum Gasteiger partial charge on any atom is 0.354 e. The van der Waals surface area contributed by atoms with Crippen LogP contribution in [0.5, 0.6) is 0 Å². The Kier molecular flexibility index (Phi) is 5.53. The minimum absolute atomic E-state index is 0.0700. The van der Waals surface area contributed by atoms with Crippen molar-refractivity contribution in [2.45, 2.75) is 26.8 Å². The predicted octanol–water partition coefficient (Wildman–Crippen LogP) is 5.77. The van der Waals surface area contributed by atoms with E-state index in [0.717, 1.165) is 17.0 Å². The molecule has 2 N–H and O–H groups in total. The van der Waals surface area contributed by atoms with Crippen molar-refractivity contribution in [1.82, 2.24) is 14.5 Å². The SMILES string of the molecule is CCc1nc2c(C)cc(C(=O)O)nc2n1Cc1c2ccocc-2c(Cl)c1-c1ccccc1C(=O)O. The number of aromatic carboxylic acids is 2. The lowest BCUT2D eigenvalue weighted by molar-refractivity contribution is 0.0683. The van der Waals surface area contributed by atoms with Crippen LogP contribution in [0.15, 0.2) is 53.3 Å². The van der Waals surface area contributed by atoms with Crippen LogP contribution >= 0.6 is 11.6 Å². The van der Waals surface area contributed by atoms with Gasteiger partial charge in [0.05, 0.1) is 29.7 Å². The van der Waals surface area contributed by atoms with E-state index in [2.05, 4.69) is 4.98 Å². The zero-order valence-electron chi connectivity index (χ0n) is 18.9. The normalized spacial score (nSPS) is 11.4. The van der Waals surface area contributed by atoms with E-state index in [1.807, 2.05) is 11.5 Å². The number of rotatable bonds is 6. The summed E-state index contributed by atoms with van der Waals surface area (Å²) in [7, 11) is 0. The molecule has 0 fully saturated rings. The fourth-order valence-corrected chi connectivity index (χ4v) is 4.89. The summed E-state index contributed by atoms with van der Waals surface area (Å²) in [6.45, 7) is 4.02. The molecular weight excluding hydrogens is 470 g/mol. The Balaban J connectivity index is 1.81. The summed E-state index contributed by atoms with van der Waals surface area (Å²) in [5.74, 6) is -1.47. The van der Waals surface area contributed by atoms with Gasteiger partial charge in [-0.25, -0.2) is 19.6 Å². The van der Waals surface area contributed by atoms with Gasteiger partial charge in [0.25, 0.3) is 0 Å². The molecule has 0 atom stereocenters. The van der Waals surface area contributed by atoms with Gasteiger partial charge in [-0.05, 0) is 47.4 Å². The van der Waals surface area contributed by atoms with E-state index in [1.165, 1.54) is 24.7 Å². The minimum Gasteiger partial charge on any atom is -0.478 e. The van der Waals surface area contributed by atoms with Gasteiger partial charge in [0.2, 0.25) is 0 Å². The summed E-state index contributed by atoms with van der Waals surface area (Å²) in [6.07, 6.45) is 3.65. The molecular formula is C26H20ClN3O5. The summed E-state index contributed by atoms with van der Waals surface area (Å²) in [5.41, 5.74) is 5.11. The van der Waals surface area contributed by atoms with E-state index in [9.17, 15) is 19.8 Å². The molecule has 0 amide bonds. The third-order valence-corrected chi connectivity index (χ3v) is 6.52. The first-order valence-electron chi connectivity index (χ1n) is 10.9. The molecule has 8 nitrogen and oxygen atoms in total. The molecule has 2 aliphatic rings. The second-order valence-electron chi connectivity index (χ2n) is 8.17. The molecule has 2 aromatic heterocycles. The minimum atomic E-state index is -1.12. The number of benzene rings is 1. The number of hydrogen-bond acceptors (Lipinski definition) is 5. The number of imidazole rings is 1. The fourth-order valence-electron chi connectivity index (χ4n) is 4.53. The summed E-state index contributed by atoms with van der Waals surface area (Å²) in [4.78, 5) is 32.8. The standard InChI is InChI=1S/C26H20ClN3O5/c1-3-20-29-23-13(2)10-19(26(33)34)28-24(23)30(20)11-17-14-8-9-35-12-18(14)22(27)21(17)15-6-4-5-7-16(15)25(31)32/h4-10,12H,3,11H2,1-2H3,(H,31,32)(H,33,34). The smallest absolute Gasteiger partial charge is 0.354 e. The molecule has 0 saturated heterocycles. The molecule has 1 aliphatic heterocycles. The predicted molar refractivity (Wildman–Crippen MR) is 130 cm³/mol. The molecule has 3 aromatic rings. The van der Waals surface area contributed by atoms with Crippen LogP contribution in [0.4, 0.5) is 0 Å². The number of nitrogens with zero attached hydrogens (tertiary/aromatic N) is 3. The van der Waals surface area contributed by atoms with E-state index in [-0.39, 0.29) is 17.8 Å². The quantitative estimate of drug-likeness (QED) is 0.311. The van der Waals surface area contributed by atoms with Crippen molar-refractivity contribution < 1.29 is 24.2 Å². The van der Waals surface area contributed by atoms with Crippen molar-refractivity contribution in [3.63, 3.8) is 0 Å². The maximum atomic E-state index is 12.0. The lowest BCUT2D eigenvalue weighted by Crippen LogP contribution is -2.09. The average molecular weight is 490 g/mol. The van der Waals surface area contributed by atoms with Crippen LogP contribution < -0.4 is 0 Å². The Hall–Kier alpha value is -4.17. The van der Waals surface area contributed by atoms with Crippen LogP contribution in [0.2, 0.25) is 5.02 Å². The number of carboxylic acids is 2. The highest BCUT2D eigenvalue weighted by Crippen LogP contribution is 2.47. The van der Waals surface area contributed by atoms with Crippen LogP contribution in [-0.2, 0) is 13.0 Å². The van der Waals surface area contributed by atoms with E-state index in [1.54, 1.807) is 31.2 Å². The van der Waals surface area contributed by atoms with Crippen molar-refractivity contribution in [1.29, 1.82) is 0 Å². The number of aromatic nitrogens is 3. The number of carboxylic acid groups (broad SMARTS) is 2. The molecule has 35 heavy (non-hydrogen) atoms. The average Bonchev–Trinajstić information content (AvgIpc) is 3.34. The lowest BCUT2D eigenvalue weighted by Gasteiger charge is -2.13. The zero-order valence-corrected chi connectivity index (χ0v) is 19.6. The first-order valence-corrected chi connectivity index (χ1v) is 11.3. The Bertz CT molecular complexity index is 1600. The molecule has 3 heterocycles. The van der Waals surface area contributed by atoms with Crippen LogP contribution in [0.1, 0.15) is 44.7 Å². The molecule has 0 spiro atoms. The van der Waals surface area contributed by atoms with Crippen molar-refractivity contribution in [2.75, 3.05) is 0 Å². The van der Waals surface area contributed by atoms with E-state index in [0.29, 0.717) is 44.9 Å². The van der Waals surface area contributed by atoms with Crippen molar-refractivity contribution in [3.8, 4) is 22.3 Å². The van der Waals surface area contributed by atoms with Gasteiger partial charge in [0.1, 0.15) is 11.3 Å². The van der Waals surface area contributed by atoms with Gasteiger partial charge in [0, 0.05) is 17.5 Å². The summed E-state index contributed by atoms with van der Waals surface area (Å²) in [6, 6.07) is 9.98. The first-order chi connectivity index (χ1) is 16.8. The third kappa shape index (κ3) is 3.63. The van der Waals surface area contributed by atoms with E-state index >= 15 is 0 Å². The molecule has 9 heteroatoms. The van der Waals surface area contributed by atoms with Gasteiger partial charge in [0.15, 0.2) is 11.3 Å². The van der Waals surface area contributed by atoms with Gasteiger partial charge >= 0.3 is 11.9 Å². The summed E-state index contributed by atoms with van der Waals surface area (Å²) in [5, 5.41) is 19.8. The number of aryl methyl sites for hydroxylation is 2. The highest BCUT2D eigenvalue weighted by Gasteiger charge is 2.28. The van der Waals surface area contributed by atoms with Gasteiger partial charge in [-0.1, -0.05) is 36.7 Å². The molecule has 0 unspecified atom stereocenters. The second kappa shape index (κ2) is 8.56. The van der Waals surface area contributed by atoms with Crippen LogP contribution in [0.25, 0.3) is 33.4 Å². The summed E-state index contributed by atoms with van der Waals surface area (Å²) < 4.78 is 7.24. The number of carbonyl (C=O) groups is 2. The Morgan fingerprint density at radius 1 is 1.06 bits per heavy atom. The topological polar surface area (TPSA) is 118 Å². The lowest BCUT2D eigenvalue weighted by atomic mass is 9.98. The second-order valence-corrected chi connectivity index (χ2v) is 8.55. The summed E-state index contributed by atoms with van der Waals surface area (Å²) >= 11 is 6.83. The number of hydrogen-bond donors (Lipinski definition) is 2. The van der Waals surface area contributed by atoms with Gasteiger partial charge in [-0.3, -0.25) is 0 Å². The Morgan fingerprint density at radius 2 is 1.83 bits per heavy atom. The third-order valence-electron chi connectivity index (χ3n) is 6.12. The van der Waals surface area contributed by atoms with Gasteiger partial charge < -0.3 is 19.2 Å². The number of pyridine rings is 1. The van der Waals surface area contributed by atoms with Crippen molar-refractivity contribution >= 4 is 34.7 Å². The van der Waals surface area contributed by atoms with Crippen molar-refractivity contribution in [3.05, 3.63) is 82.2 Å². The molecule has 0 radical (unpaired) electrons. The van der Waals surface area contributed by atoms with Gasteiger partial charge in [-0.2, -0.15) is 0 Å². The van der Waals surface area contributed by atoms with Crippen LogP contribution in [0, 0.1) is 6.92 Å². The molecule has 176 valence electrons. The highest BCUT2D eigenvalue weighted by atomic mass is 35.5. The molecule has 1 aromatic carbocycles. The Morgan fingerprint density at radius 3 is 2.54 bits per heavy atom. The van der Waals surface area contributed by atoms with E-state index in [4.69, 9.17) is 21.0 Å². The fraction of sp³-hybridized carbons (Fsp3) is 0.154. The van der Waals surface area contributed by atoms with E-state index < -0.39 is 11.9 Å². The number of halogens is 1. The van der Waals surface area contributed by atoms with Gasteiger partial charge in [-0.15, -0.1) is 0 Å². The van der Waals surface area contributed by atoms with Crippen molar-refractivity contribution in [2.24, 2.45) is 0 Å². The highest BCUT2D eigenvalue weighted by molar-refractivity contribution is 6.37. The largest absolute Gasteiger partial charge is 0.478 e. The number of fused-ring (bicyclic) bond motifs is 2. The first kappa shape index (κ1) is 22.6. The maximum absolute atomic E-state index is 12.0. The molecule has 1 aliphatic carbocycles. The monoisotopic (exact) mass is 489 g/mol. The molecule has 5 rings (SSSR count). The molecule has 0 bridgehead atoms. The van der Waals surface area contributed by atoms with Crippen LogP contribution in [0.3, 0.4) is 0 Å². The zero-order chi connectivity index (χ0) is 24.9. The van der Waals surface area contributed by atoms with Crippen LogP contribution in [-0.4, -0.2) is 36.7 Å².